The third kappa shape index (κ3) is 5.46. The van der Waals surface area contributed by atoms with Crippen LogP contribution < -0.4 is 5.32 Å². The van der Waals surface area contributed by atoms with Crippen LogP contribution in [-0.2, 0) is 6.42 Å². The molecular weight excluding hydrogens is 346 g/mol. The van der Waals surface area contributed by atoms with Crippen LogP contribution >= 0.6 is 27.5 Å². The third-order valence-corrected chi connectivity index (χ3v) is 4.29. The molecule has 0 spiro atoms. The summed E-state index contributed by atoms with van der Waals surface area (Å²) in [5.41, 5.74) is 2.68. The zero-order valence-electron chi connectivity index (χ0n) is 12.4. The number of benzene rings is 2. The van der Waals surface area contributed by atoms with Crippen molar-refractivity contribution in [1.29, 1.82) is 0 Å². The summed E-state index contributed by atoms with van der Waals surface area (Å²) in [7, 11) is 0. The van der Waals surface area contributed by atoms with Crippen molar-refractivity contribution in [3.8, 4) is 0 Å². The Hall–Kier alpha value is -0.830. The molecule has 1 atom stereocenters. The summed E-state index contributed by atoms with van der Waals surface area (Å²) >= 11 is 9.47. The molecule has 2 aromatic rings. The third-order valence-electron chi connectivity index (χ3n) is 3.51. The Morgan fingerprint density at radius 2 is 1.62 bits per heavy atom. The lowest BCUT2D eigenvalue weighted by Crippen LogP contribution is -2.28. The van der Waals surface area contributed by atoms with Crippen molar-refractivity contribution in [2.24, 2.45) is 0 Å². The van der Waals surface area contributed by atoms with E-state index in [1.165, 1.54) is 11.1 Å². The molecule has 0 aliphatic carbocycles. The van der Waals surface area contributed by atoms with Crippen molar-refractivity contribution in [2.75, 3.05) is 6.54 Å². The van der Waals surface area contributed by atoms with Crippen LogP contribution in [0, 0.1) is 0 Å². The molecule has 0 saturated carbocycles. The molecule has 0 radical (unpaired) electrons. The van der Waals surface area contributed by atoms with Gasteiger partial charge in [0.1, 0.15) is 0 Å². The monoisotopic (exact) mass is 365 g/mol. The van der Waals surface area contributed by atoms with Gasteiger partial charge in [0, 0.05) is 28.0 Å². The van der Waals surface area contributed by atoms with Crippen LogP contribution in [0.15, 0.2) is 53.0 Å². The largest absolute Gasteiger partial charge is 0.314 e. The van der Waals surface area contributed by atoms with Crippen LogP contribution in [0.4, 0.5) is 0 Å². The van der Waals surface area contributed by atoms with Gasteiger partial charge in [0.05, 0.1) is 0 Å². The summed E-state index contributed by atoms with van der Waals surface area (Å²) in [5, 5.41) is 4.34. The van der Waals surface area contributed by atoms with Crippen molar-refractivity contribution in [3.05, 3.63) is 69.2 Å². The average Bonchev–Trinajstić information content (AvgIpc) is 2.46. The van der Waals surface area contributed by atoms with Gasteiger partial charge < -0.3 is 5.32 Å². The maximum absolute atomic E-state index is 5.97. The molecular formula is C18H21BrClN. The average molecular weight is 367 g/mol. The van der Waals surface area contributed by atoms with Gasteiger partial charge >= 0.3 is 0 Å². The minimum atomic E-state index is 0.460. The second-order valence-electron chi connectivity index (χ2n) is 5.64. The Morgan fingerprint density at radius 3 is 2.19 bits per heavy atom. The Kier molecular flexibility index (Phi) is 6.28. The van der Waals surface area contributed by atoms with E-state index in [1.807, 2.05) is 12.1 Å². The maximum atomic E-state index is 5.97. The summed E-state index contributed by atoms with van der Waals surface area (Å²) in [6.45, 7) is 5.34. The Morgan fingerprint density at radius 1 is 1.00 bits per heavy atom. The highest BCUT2D eigenvalue weighted by Gasteiger charge is 2.13. The summed E-state index contributed by atoms with van der Waals surface area (Å²) < 4.78 is 1.12. The van der Waals surface area contributed by atoms with E-state index in [1.54, 1.807) is 0 Å². The zero-order valence-corrected chi connectivity index (χ0v) is 14.8. The molecule has 0 amide bonds. The molecule has 1 unspecified atom stereocenters. The first-order valence-electron chi connectivity index (χ1n) is 7.28. The van der Waals surface area contributed by atoms with Gasteiger partial charge in [-0.05, 0) is 41.8 Å². The predicted octanol–water partition coefficient (Wildman–Crippen LogP) is 5.43. The normalized spacial score (nSPS) is 12.6. The van der Waals surface area contributed by atoms with Gasteiger partial charge in [-0.25, -0.2) is 0 Å². The highest BCUT2D eigenvalue weighted by atomic mass is 79.9. The van der Waals surface area contributed by atoms with Gasteiger partial charge in [-0.15, -0.1) is 0 Å². The Balaban J connectivity index is 2.14. The molecule has 0 fully saturated rings. The highest BCUT2D eigenvalue weighted by Crippen LogP contribution is 2.23. The molecule has 0 bridgehead atoms. The maximum Gasteiger partial charge on any atom is 0.0406 e. The summed E-state index contributed by atoms with van der Waals surface area (Å²) in [6, 6.07) is 17.3. The molecule has 2 aromatic carbocycles. The molecule has 1 N–H and O–H groups in total. The molecule has 3 heteroatoms. The standard InChI is InChI=1S/C18H21BrClN/c1-13(2)21-12-16(15-5-7-17(19)8-6-15)11-14-3-9-18(20)10-4-14/h3-10,13,16,21H,11-12H2,1-2H3. The summed E-state index contributed by atoms with van der Waals surface area (Å²) in [4.78, 5) is 0. The molecule has 0 saturated heterocycles. The fraction of sp³-hybridized carbons (Fsp3) is 0.333. The number of nitrogens with one attached hydrogen (secondary N) is 1. The van der Waals surface area contributed by atoms with Gasteiger partial charge in [-0.2, -0.15) is 0 Å². The number of hydrogen-bond acceptors (Lipinski definition) is 1. The lowest BCUT2D eigenvalue weighted by Gasteiger charge is -2.20. The van der Waals surface area contributed by atoms with Gasteiger partial charge in [0.15, 0.2) is 0 Å². The van der Waals surface area contributed by atoms with Crippen LogP contribution in [0.3, 0.4) is 0 Å². The first-order valence-corrected chi connectivity index (χ1v) is 8.45. The van der Waals surface area contributed by atoms with Gasteiger partial charge in [-0.3, -0.25) is 0 Å². The topological polar surface area (TPSA) is 12.0 Å². The fourth-order valence-corrected chi connectivity index (χ4v) is 2.72. The smallest absolute Gasteiger partial charge is 0.0406 e. The van der Waals surface area contributed by atoms with Crippen molar-refractivity contribution in [1.82, 2.24) is 5.32 Å². The van der Waals surface area contributed by atoms with E-state index in [9.17, 15) is 0 Å². The minimum absolute atomic E-state index is 0.460. The predicted molar refractivity (Wildman–Crippen MR) is 95.2 cm³/mol. The lowest BCUT2D eigenvalue weighted by atomic mass is 9.91. The molecule has 2 rings (SSSR count). The van der Waals surface area contributed by atoms with E-state index < -0.39 is 0 Å². The van der Waals surface area contributed by atoms with Crippen LogP contribution in [0.1, 0.15) is 30.9 Å². The highest BCUT2D eigenvalue weighted by molar-refractivity contribution is 9.10. The van der Waals surface area contributed by atoms with E-state index in [0.717, 1.165) is 22.5 Å². The molecule has 21 heavy (non-hydrogen) atoms. The van der Waals surface area contributed by atoms with E-state index in [4.69, 9.17) is 11.6 Å². The van der Waals surface area contributed by atoms with Crippen molar-refractivity contribution < 1.29 is 0 Å². The molecule has 1 nitrogen and oxygen atoms in total. The lowest BCUT2D eigenvalue weighted by molar-refractivity contribution is 0.527. The quantitative estimate of drug-likeness (QED) is 0.719. The van der Waals surface area contributed by atoms with E-state index in [2.05, 4.69) is 71.5 Å². The molecule has 112 valence electrons. The van der Waals surface area contributed by atoms with E-state index in [0.29, 0.717) is 12.0 Å². The van der Waals surface area contributed by atoms with Crippen LogP contribution in [-0.4, -0.2) is 12.6 Å². The van der Waals surface area contributed by atoms with Gasteiger partial charge in [0.2, 0.25) is 0 Å². The SMILES string of the molecule is CC(C)NCC(Cc1ccc(Cl)cc1)c1ccc(Br)cc1. The van der Waals surface area contributed by atoms with E-state index in [-0.39, 0.29) is 0 Å². The Bertz CT molecular complexity index is 548. The minimum Gasteiger partial charge on any atom is -0.314 e. The van der Waals surface area contributed by atoms with Crippen molar-refractivity contribution >= 4 is 27.5 Å². The van der Waals surface area contributed by atoms with Gasteiger partial charge in [-0.1, -0.05) is 65.6 Å². The summed E-state index contributed by atoms with van der Waals surface area (Å²) in [6.07, 6.45) is 1.01. The number of halogens is 2. The Labute approximate surface area is 140 Å². The van der Waals surface area contributed by atoms with Crippen LogP contribution in [0.25, 0.3) is 0 Å². The molecule has 0 aliphatic rings. The van der Waals surface area contributed by atoms with Crippen LogP contribution in [0.2, 0.25) is 5.02 Å². The summed E-state index contributed by atoms with van der Waals surface area (Å²) in [5.74, 6) is 0.460. The first kappa shape index (κ1) is 16.5. The number of hydrogen-bond donors (Lipinski definition) is 1. The first-order chi connectivity index (χ1) is 10.0. The van der Waals surface area contributed by atoms with Crippen LogP contribution in [0.5, 0.6) is 0 Å². The second-order valence-corrected chi connectivity index (χ2v) is 6.99. The molecule has 0 aliphatic heterocycles. The molecule has 0 heterocycles. The molecule has 0 aromatic heterocycles. The van der Waals surface area contributed by atoms with Crippen molar-refractivity contribution in [3.63, 3.8) is 0 Å². The second kappa shape index (κ2) is 7.98. The number of rotatable bonds is 6. The fourth-order valence-electron chi connectivity index (χ4n) is 2.33. The van der Waals surface area contributed by atoms with E-state index >= 15 is 0 Å². The zero-order chi connectivity index (χ0) is 15.2. The van der Waals surface area contributed by atoms with Gasteiger partial charge in [0.25, 0.3) is 0 Å². The van der Waals surface area contributed by atoms with Crippen molar-refractivity contribution in [2.45, 2.75) is 32.2 Å².